The molecule has 4 aliphatic rings. The van der Waals surface area contributed by atoms with Crippen LogP contribution in [0.5, 0.6) is 0 Å². The van der Waals surface area contributed by atoms with Crippen LogP contribution in [0.4, 0.5) is 0 Å². The molecule has 0 nitrogen and oxygen atoms in total. The third kappa shape index (κ3) is 7.78. The monoisotopic (exact) mass is 880 g/mol. The first-order valence-corrected chi connectivity index (χ1v) is 35.6. The maximum absolute atomic E-state index is 3.88. The van der Waals surface area contributed by atoms with Crippen molar-refractivity contribution in [2.24, 2.45) is 10.8 Å². The maximum atomic E-state index is 2.91. The summed E-state index contributed by atoms with van der Waals surface area (Å²) >= 11 is -3.88. The first kappa shape index (κ1) is 43.6. The van der Waals surface area contributed by atoms with Crippen molar-refractivity contribution in [3.8, 4) is 22.3 Å². The van der Waals surface area contributed by atoms with Crippen LogP contribution >= 0.6 is 24.8 Å². The van der Waals surface area contributed by atoms with Gasteiger partial charge in [0.05, 0.1) is 0 Å². The molecule has 2 atom stereocenters. The molecule has 0 spiro atoms. The molecule has 0 bridgehead atoms. The number of halogens is 2. The van der Waals surface area contributed by atoms with E-state index in [4.69, 9.17) is 0 Å². The van der Waals surface area contributed by atoms with Crippen molar-refractivity contribution in [3.63, 3.8) is 0 Å². The Balaban J connectivity index is 0.00000266. The van der Waals surface area contributed by atoms with Gasteiger partial charge in [0.15, 0.2) is 0 Å². The van der Waals surface area contributed by atoms with E-state index in [0.717, 1.165) is 12.8 Å². The number of hydrogen-bond acceptors (Lipinski definition) is 0. The van der Waals surface area contributed by atoms with Gasteiger partial charge in [-0.25, -0.2) is 0 Å². The van der Waals surface area contributed by atoms with Crippen LogP contribution in [0, 0.1) is 10.8 Å². The molecule has 0 heterocycles. The number of rotatable bonds is 14. The summed E-state index contributed by atoms with van der Waals surface area (Å²) in [5.74, 6) is 0. The van der Waals surface area contributed by atoms with Crippen LogP contribution in [0.2, 0.25) is 9.26 Å². The van der Waals surface area contributed by atoms with Gasteiger partial charge in [0, 0.05) is 0 Å². The molecule has 298 valence electrons. The van der Waals surface area contributed by atoms with E-state index in [0.29, 0.717) is 18.1 Å². The fourth-order valence-corrected chi connectivity index (χ4v) is 32.0. The molecule has 0 radical (unpaired) electrons. The van der Waals surface area contributed by atoms with Crippen molar-refractivity contribution in [2.45, 2.75) is 134 Å². The summed E-state index contributed by atoms with van der Waals surface area (Å²) < 4.78 is 6.93. The molecule has 2 saturated carbocycles. The second-order valence-electron chi connectivity index (χ2n) is 19.5. The summed E-state index contributed by atoms with van der Waals surface area (Å²) in [5.41, 5.74) is 19.5. The standard InChI is InChI=1S/2C25H29.2CH3.2ClH.H2Si.Zr/c2*1-3-13-25(14-6-15-25)18-20-16-22-7-5-8-23(24(22)17-20)21-11-9-19(4-2)10-12-21;;;;;;/h2*5,7-12,16-17H,3-4,6,13-15,18H2,1-2H3;2*1H3;2*1H;1H2;. The summed E-state index contributed by atoms with van der Waals surface area (Å²) in [6.45, 7) is 12.0. The van der Waals surface area contributed by atoms with E-state index in [1.165, 1.54) is 110 Å². The molecule has 4 aliphatic carbocycles. The summed E-state index contributed by atoms with van der Waals surface area (Å²) in [6, 6.07) is 33.8. The Morgan fingerprint density at radius 3 is 1.23 bits per heavy atom. The van der Waals surface area contributed by atoms with E-state index in [-0.39, 0.29) is 24.8 Å². The molecule has 4 aromatic carbocycles. The minimum absolute atomic E-state index is 0. The molecule has 0 aromatic heterocycles. The van der Waals surface area contributed by atoms with Gasteiger partial charge in [-0.2, -0.15) is 0 Å². The largest absolute Gasteiger partial charge is 0.147 e. The van der Waals surface area contributed by atoms with E-state index < -0.39 is 17.4 Å². The minimum Gasteiger partial charge on any atom is -0.147 e. The van der Waals surface area contributed by atoms with Crippen molar-refractivity contribution in [3.05, 3.63) is 129 Å². The Hall–Kier alpha value is -1.96. The number of benzene rings is 4. The Morgan fingerprint density at radius 1 is 0.554 bits per heavy atom. The van der Waals surface area contributed by atoms with Gasteiger partial charge in [-0.15, -0.1) is 24.8 Å². The molecule has 0 saturated heterocycles. The van der Waals surface area contributed by atoms with E-state index in [9.17, 15) is 0 Å². The SMILES string of the molecule is CCCC1(CC2=Cc3c(-c4ccc(CC)cc4)cccc3[CH]2[Zr]([CH3])([CH3])(=[SiH2])[CH]2C(CC3(CCC)CCC3)=Cc3c(-c4ccc(CC)cc4)cccc32)CCC1.Cl.Cl. The molecule has 0 amide bonds. The molecular formula is C52H68Cl2SiZr. The van der Waals surface area contributed by atoms with Gasteiger partial charge in [-0.05, 0) is 0 Å². The second kappa shape index (κ2) is 17.0. The molecule has 56 heavy (non-hydrogen) atoms. The van der Waals surface area contributed by atoms with Crippen molar-refractivity contribution < 1.29 is 17.4 Å². The molecule has 0 N–H and O–H groups in total. The summed E-state index contributed by atoms with van der Waals surface area (Å²) in [5, 5.41) is 0. The van der Waals surface area contributed by atoms with Crippen LogP contribution in [-0.4, -0.2) is 6.88 Å². The second-order valence-corrected chi connectivity index (χ2v) is 50.0. The zero-order chi connectivity index (χ0) is 37.7. The topological polar surface area (TPSA) is 0 Å². The molecule has 4 heteroatoms. The smallest absolute Gasteiger partial charge is 0.147 e. The van der Waals surface area contributed by atoms with Gasteiger partial charge >= 0.3 is 333 Å². The molecule has 8 rings (SSSR count). The Morgan fingerprint density at radius 2 is 0.929 bits per heavy atom. The molecular weight excluding hydrogens is 815 g/mol. The van der Waals surface area contributed by atoms with E-state index >= 15 is 0 Å². The average Bonchev–Trinajstić information content (AvgIpc) is 3.72. The fraction of sp³-hybridized carbons (Fsp3) is 0.462. The van der Waals surface area contributed by atoms with Gasteiger partial charge in [0.25, 0.3) is 0 Å². The van der Waals surface area contributed by atoms with Crippen LogP contribution < -0.4 is 0 Å². The van der Waals surface area contributed by atoms with Gasteiger partial charge in [-0.1, -0.05) is 0 Å². The van der Waals surface area contributed by atoms with Crippen molar-refractivity contribution in [2.75, 3.05) is 0 Å². The van der Waals surface area contributed by atoms with Crippen LogP contribution in [0.1, 0.15) is 145 Å². The van der Waals surface area contributed by atoms with E-state index in [1.54, 1.807) is 33.4 Å². The van der Waals surface area contributed by atoms with Crippen LogP contribution in [0.25, 0.3) is 34.4 Å². The third-order valence-electron chi connectivity index (χ3n) is 15.1. The Labute approximate surface area is 355 Å². The normalized spacial score (nSPS) is 20.3. The molecule has 2 unspecified atom stereocenters. The number of hydrogen-bond donors (Lipinski definition) is 0. The van der Waals surface area contributed by atoms with Gasteiger partial charge in [0.1, 0.15) is 0 Å². The predicted octanol–water partition coefficient (Wildman–Crippen LogP) is 15.6. The predicted molar refractivity (Wildman–Crippen MR) is 250 cm³/mol. The van der Waals surface area contributed by atoms with E-state index in [1.807, 2.05) is 0 Å². The van der Waals surface area contributed by atoms with Gasteiger partial charge in [0.2, 0.25) is 0 Å². The molecule has 0 aliphatic heterocycles. The minimum atomic E-state index is -3.88. The summed E-state index contributed by atoms with van der Waals surface area (Å²) in [4.78, 5) is 0. The average molecular weight is 883 g/mol. The number of fused-ring (bicyclic) bond motifs is 2. The summed E-state index contributed by atoms with van der Waals surface area (Å²) in [6.07, 6.45) is 24.1. The van der Waals surface area contributed by atoms with Crippen molar-refractivity contribution in [1.29, 1.82) is 0 Å². The summed E-state index contributed by atoms with van der Waals surface area (Å²) in [7, 11) is 0. The third-order valence-corrected chi connectivity index (χ3v) is 32.6. The first-order chi connectivity index (χ1) is 26.0. The molecule has 2 fully saturated rings. The van der Waals surface area contributed by atoms with Crippen LogP contribution in [0.3, 0.4) is 0 Å². The zero-order valence-electron chi connectivity index (χ0n) is 35.3. The first-order valence-electron chi connectivity index (χ1n) is 21.9. The molecule has 4 aromatic rings. The maximum Gasteiger partial charge on any atom is -0.147 e. The quantitative estimate of drug-likeness (QED) is 0.111. The van der Waals surface area contributed by atoms with Crippen molar-refractivity contribution >= 4 is 43.8 Å². The van der Waals surface area contributed by atoms with Crippen LogP contribution in [-0.2, 0) is 30.2 Å². The number of aryl methyl sites for hydroxylation is 2. The fourth-order valence-electron chi connectivity index (χ4n) is 12.3. The van der Waals surface area contributed by atoms with E-state index in [2.05, 4.69) is 141 Å². The van der Waals surface area contributed by atoms with Gasteiger partial charge < -0.3 is 0 Å². The van der Waals surface area contributed by atoms with Crippen LogP contribution in [0.15, 0.2) is 96.1 Å². The Bertz CT molecular complexity index is 2010. The van der Waals surface area contributed by atoms with Crippen molar-refractivity contribution in [1.82, 2.24) is 0 Å². The Kier molecular flexibility index (Phi) is 13.2. The number of allylic oxidation sites excluding steroid dienone is 2. The zero-order valence-corrected chi connectivity index (χ0v) is 40.8. The van der Waals surface area contributed by atoms with Gasteiger partial charge in [-0.3, -0.25) is 0 Å².